The Morgan fingerprint density at radius 1 is 0.747 bits per heavy atom. The topological polar surface area (TPSA) is 198 Å². The average molecular weight is 1100 g/mol. The number of hydrogen-bond acceptors (Lipinski definition) is 15. The van der Waals surface area contributed by atoms with Gasteiger partial charge in [-0.25, -0.2) is 9.59 Å². The number of nitro groups is 2. The van der Waals surface area contributed by atoms with Gasteiger partial charge in [0.25, 0.3) is 11.4 Å². The highest BCUT2D eigenvalue weighted by molar-refractivity contribution is 8.14. The van der Waals surface area contributed by atoms with Gasteiger partial charge in [-0.3, -0.25) is 48.7 Å². The highest BCUT2D eigenvalue weighted by Crippen LogP contribution is 2.62. The highest BCUT2D eigenvalue weighted by atomic mass is 32.2. The Bertz CT molecular complexity index is 2240. The molecular formula is C54H88N7O11PSSi. The molecule has 2 heterocycles. The molecule has 0 spiro atoms. The van der Waals surface area contributed by atoms with Gasteiger partial charge in [0.2, 0.25) is 5.91 Å². The first-order valence-electron chi connectivity index (χ1n) is 27.3. The number of β-lactam (4-membered cyclic amide) rings is 1. The number of ether oxygens (including phenoxy) is 2. The van der Waals surface area contributed by atoms with Crippen molar-refractivity contribution in [3.05, 3.63) is 79.9 Å². The first-order chi connectivity index (χ1) is 35.5. The molecule has 5 unspecified atom stereocenters. The maximum Gasteiger partial charge on any atom is 0.410 e. The van der Waals surface area contributed by atoms with Crippen molar-refractivity contribution >= 4 is 67.3 Å². The lowest BCUT2D eigenvalue weighted by Gasteiger charge is -2.57. The summed E-state index contributed by atoms with van der Waals surface area (Å²) in [5, 5.41) is 22.2. The standard InChI is InChI=1S/C54H88N7O11PSSi/c1-14-29-56(30-15-2)73(57(31-16-3)32-17-4,58(33-18-5)34-19-6)51(52(64)70-38-42-20-24-45(25-21-42)60(66)67)59-47(49(50(59)63)40(7)72-75(12,13)54(9,10)11)36-48(62)74-41(8)44-28-35-55(37-44)53(65)71-39-43-22-26-46(27-23-43)61(68)69/h20-27,40-41,44,47,49H,14-19,28-39H2,1-13H3. The van der Waals surface area contributed by atoms with Crippen LogP contribution >= 0.6 is 19.1 Å². The third kappa shape index (κ3) is 15.7. The number of nitro benzene ring substituents is 2. The Balaban J connectivity index is 1.89. The fourth-order valence-electron chi connectivity index (χ4n) is 10.0. The second-order valence-electron chi connectivity index (χ2n) is 21.5. The van der Waals surface area contributed by atoms with Crippen LogP contribution in [0.15, 0.2) is 48.5 Å². The molecule has 420 valence electrons. The number of carbonyl (C=O) groups excluding carboxylic acids is 4. The zero-order chi connectivity index (χ0) is 55.8. The minimum atomic E-state index is -3.26. The van der Waals surface area contributed by atoms with Gasteiger partial charge in [0.05, 0.1) is 27.9 Å². The number of nitrogens with zero attached hydrogens (tertiary/aromatic N) is 7. The normalized spacial score (nSPS) is 18.1. The number of amides is 2. The fraction of sp³-hybridized carbons (Fsp3) is 0.685. The summed E-state index contributed by atoms with van der Waals surface area (Å²) in [6, 6.07) is 11.0. The average Bonchev–Trinajstić information content (AvgIpc) is 3.86. The lowest BCUT2D eigenvalue weighted by Crippen LogP contribution is -2.70. The van der Waals surface area contributed by atoms with Crippen molar-refractivity contribution in [1.29, 1.82) is 0 Å². The Hall–Kier alpha value is -4.17. The van der Waals surface area contributed by atoms with Crippen molar-refractivity contribution in [3.8, 4) is 0 Å². The van der Waals surface area contributed by atoms with Gasteiger partial charge in [0, 0.05) is 88.3 Å². The molecule has 18 nitrogen and oxygen atoms in total. The van der Waals surface area contributed by atoms with E-state index in [-0.39, 0.29) is 63.7 Å². The van der Waals surface area contributed by atoms with Crippen LogP contribution in [0.4, 0.5) is 16.2 Å². The van der Waals surface area contributed by atoms with E-state index in [4.69, 9.17) is 13.9 Å². The summed E-state index contributed by atoms with van der Waals surface area (Å²) < 4.78 is 26.5. The molecule has 75 heavy (non-hydrogen) atoms. The molecule has 0 aliphatic carbocycles. The first kappa shape index (κ1) is 63.4. The predicted molar refractivity (Wildman–Crippen MR) is 303 cm³/mol. The molecule has 2 fully saturated rings. The van der Waals surface area contributed by atoms with E-state index in [1.54, 1.807) is 34.1 Å². The minimum absolute atomic E-state index is 0.0401. The van der Waals surface area contributed by atoms with Crippen LogP contribution in [0.3, 0.4) is 0 Å². The van der Waals surface area contributed by atoms with E-state index >= 15 is 9.59 Å². The van der Waals surface area contributed by atoms with Crippen LogP contribution in [-0.2, 0) is 41.5 Å². The molecule has 4 rings (SSSR count). The van der Waals surface area contributed by atoms with E-state index in [9.17, 15) is 29.8 Å². The van der Waals surface area contributed by atoms with Crippen LogP contribution in [-0.4, -0.2) is 140 Å². The lowest BCUT2D eigenvalue weighted by molar-refractivity contribution is -0.385. The number of esters is 1. The molecule has 2 aliphatic rings. The summed E-state index contributed by atoms with van der Waals surface area (Å²) in [6.45, 7) is 31.9. The van der Waals surface area contributed by atoms with Gasteiger partial charge < -0.3 is 18.8 Å². The van der Waals surface area contributed by atoms with E-state index in [1.807, 2.05) is 13.8 Å². The maximum atomic E-state index is 15.9. The van der Waals surface area contributed by atoms with Gasteiger partial charge in [-0.2, -0.15) is 0 Å². The molecule has 21 heteroatoms. The van der Waals surface area contributed by atoms with E-state index in [0.717, 1.165) is 38.5 Å². The van der Waals surface area contributed by atoms with Crippen molar-refractivity contribution in [3.63, 3.8) is 0 Å². The summed E-state index contributed by atoms with van der Waals surface area (Å²) >= 11 is 1.20. The van der Waals surface area contributed by atoms with E-state index in [0.29, 0.717) is 69.9 Å². The third-order valence-electron chi connectivity index (χ3n) is 14.7. The third-order valence-corrected chi connectivity index (χ3v) is 25.0. The van der Waals surface area contributed by atoms with Crippen LogP contribution in [0, 0.1) is 32.1 Å². The molecule has 2 saturated heterocycles. The molecule has 0 aromatic heterocycles. The van der Waals surface area contributed by atoms with Crippen LogP contribution in [0.25, 0.3) is 0 Å². The van der Waals surface area contributed by atoms with Crippen molar-refractivity contribution in [1.82, 2.24) is 23.8 Å². The van der Waals surface area contributed by atoms with Gasteiger partial charge in [-0.15, -0.1) is 0 Å². The summed E-state index contributed by atoms with van der Waals surface area (Å²) in [5.74, 6) is -1.73. The SMILES string of the molecule is CCCN(CCC)P(=C(C(=O)OCc1ccc([N+](=O)[O-])cc1)N1C(=O)C(C(C)O[Si](C)(C)C(C)(C)C)C1CC(=O)SC(C)C1CCN(C(=O)OCc2ccc([N+](=O)[O-])cc2)C1)(N(CCC)CCC)N(CCC)CCC. The molecule has 2 aliphatic heterocycles. The smallest absolute Gasteiger partial charge is 0.410 e. The van der Waals surface area contributed by atoms with Gasteiger partial charge in [-0.1, -0.05) is 81.0 Å². The number of thioether (sulfide) groups is 1. The maximum absolute atomic E-state index is 15.9. The number of benzene rings is 2. The zero-order valence-corrected chi connectivity index (χ0v) is 49.9. The number of likely N-dealkylation sites (tertiary alicyclic amines) is 2. The fourth-order valence-corrected chi connectivity index (χ4v) is 18.2. The lowest BCUT2D eigenvalue weighted by atomic mass is 9.81. The molecule has 0 N–H and O–H groups in total. The molecule has 2 amide bonds. The van der Waals surface area contributed by atoms with Crippen molar-refractivity contribution in [2.75, 3.05) is 52.4 Å². The number of rotatable bonds is 30. The van der Waals surface area contributed by atoms with Gasteiger partial charge >= 0.3 is 12.1 Å². The van der Waals surface area contributed by atoms with Crippen molar-refractivity contribution in [2.24, 2.45) is 11.8 Å². The van der Waals surface area contributed by atoms with Crippen molar-refractivity contribution < 1.29 is 42.9 Å². The van der Waals surface area contributed by atoms with E-state index < -0.39 is 55.6 Å². The van der Waals surface area contributed by atoms with Crippen LogP contribution < -0.4 is 0 Å². The Labute approximate surface area is 452 Å². The number of carbonyl (C=O) groups is 4. The molecule has 0 bridgehead atoms. The minimum Gasteiger partial charge on any atom is -0.456 e. The molecule has 2 aromatic rings. The van der Waals surface area contributed by atoms with Crippen molar-refractivity contribution in [2.45, 2.75) is 176 Å². The predicted octanol–water partition coefficient (Wildman–Crippen LogP) is 11.7. The van der Waals surface area contributed by atoms with E-state index in [2.05, 4.69) is 89.4 Å². The number of hydrogen-bond donors (Lipinski definition) is 0. The molecule has 0 radical (unpaired) electrons. The Morgan fingerprint density at radius 2 is 1.17 bits per heavy atom. The molecule has 2 aromatic carbocycles. The van der Waals surface area contributed by atoms with Gasteiger partial charge in [0.1, 0.15) is 20.6 Å². The molecule has 5 atom stereocenters. The highest BCUT2D eigenvalue weighted by Gasteiger charge is 2.59. The zero-order valence-electron chi connectivity index (χ0n) is 47.2. The van der Waals surface area contributed by atoms with Gasteiger partial charge in [-0.05, 0) is 111 Å². The van der Waals surface area contributed by atoms with Crippen LogP contribution in [0.2, 0.25) is 18.1 Å². The summed E-state index contributed by atoms with van der Waals surface area (Å²) in [6.07, 6.45) is 4.19. The Morgan fingerprint density at radius 3 is 1.57 bits per heavy atom. The molecule has 0 saturated carbocycles. The monoisotopic (exact) mass is 1100 g/mol. The summed E-state index contributed by atoms with van der Waals surface area (Å²) in [4.78, 5) is 84.9. The van der Waals surface area contributed by atoms with Crippen LogP contribution in [0.1, 0.15) is 139 Å². The quantitative estimate of drug-likeness (QED) is 0.0179. The second-order valence-corrected chi connectivity index (χ2v) is 31.0. The summed E-state index contributed by atoms with van der Waals surface area (Å²) in [7, 11) is -5.74. The summed E-state index contributed by atoms with van der Waals surface area (Å²) in [5.41, 5.74) is 1.31. The van der Waals surface area contributed by atoms with E-state index in [1.165, 1.54) is 36.0 Å². The largest absolute Gasteiger partial charge is 0.456 e. The molecular weight excluding hydrogens is 1010 g/mol. The van der Waals surface area contributed by atoms with Gasteiger partial charge in [0.15, 0.2) is 18.9 Å². The van der Waals surface area contributed by atoms with Crippen LogP contribution in [0.5, 0.6) is 0 Å². The number of non-ortho nitro benzene ring substituents is 2. The first-order valence-corrected chi connectivity index (χ1v) is 32.7. The Kier molecular flexibility index (Phi) is 24.5. The second kappa shape index (κ2) is 29.0.